The Hall–Kier alpha value is -0.960. The minimum absolute atomic E-state index is 0.0435. The Morgan fingerprint density at radius 2 is 1.61 bits per heavy atom. The van der Waals surface area contributed by atoms with E-state index in [-0.39, 0.29) is 24.0 Å². The van der Waals surface area contributed by atoms with E-state index in [4.69, 9.17) is 4.74 Å². The number of rotatable bonds is 0. The average molecular weight is 314 g/mol. The number of fused-ring (bicyclic) bond motifs is 3. The van der Waals surface area contributed by atoms with Crippen LogP contribution in [-0.4, -0.2) is 23.8 Å². The van der Waals surface area contributed by atoms with E-state index >= 15 is 0 Å². The Labute approximate surface area is 137 Å². The highest BCUT2D eigenvalue weighted by atomic mass is 16.5. The molecule has 4 fully saturated rings. The third-order valence-corrected chi connectivity index (χ3v) is 7.28. The molecule has 0 N–H and O–H groups in total. The summed E-state index contributed by atoms with van der Waals surface area (Å²) in [5, 5.41) is 0. The van der Waals surface area contributed by atoms with E-state index < -0.39 is 0 Å². The first kappa shape index (κ1) is 14.4. The molecule has 0 aromatic carbocycles. The third kappa shape index (κ3) is 2.05. The van der Waals surface area contributed by atoms with Crippen LogP contribution in [0, 0.1) is 23.7 Å². The molecule has 5 rings (SSSR count). The van der Waals surface area contributed by atoms with Gasteiger partial charge in [-0.15, -0.1) is 0 Å². The number of carbonyl (C=O) groups is 2. The molecule has 0 amide bonds. The fourth-order valence-corrected chi connectivity index (χ4v) is 6.40. The van der Waals surface area contributed by atoms with Gasteiger partial charge in [-0.1, -0.05) is 24.8 Å². The van der Waals surface area contributed by atoms with Crippen LogP contribution in [0.5, 0.6) is 0 Å². The van der Waals surface area contributed by atoms with E-state index in [0.717, 1.165) is 32.1 Å². The van der Waals surface area contributed by atoms with Gasteiger partial charge in [0.15, 0.2) is 0 Å². The summed E-state index contributed by atoms with van der Waals surface area (Å²) in [4.78, 5) is 25.0. The second-order valence-corrected chi connectivity index (χ2v) is 8.35. The average Bonchev–Trinajstić information content (AvgIpc) is 2.58. The molecule has 0 spiro atoms. The maximum atomic E-state index is 13.1. The molecule has 0 aromatic rings. The first-order chi connectivity index (χ1) is 11.2. The smallest absolute Gasteiger partial charge is 0.140 e. The van der Waals surface area contributed by atoms with Crippen molar-refractivity contribution in [2.75, 3.05) is 0 Å². The standard InChI is InChI=1S/C20H26O3/c21-11-8-9-14-17(10-11)23-16-7-3-6-15-19(16)18(14)12-4-1-2-5-13(12)20(15)22/h12-13,15-17,19H,1-10H2/t12-,13+,15-,16-,17+,19-/m1/s1. The van der Waals surface area contributed by atoms with Gasteiger partial charge in [-0.25, -0.2) is 0 Å². The van der Waals surface area contributed by atoms with Crippen LogP contribution in [0.15, 0.2) is 11.1 Å². The van der Waals surface area contributed by atoms with Crippen LogP contribution < -0.4 is 0 Å². The van der Waals surface area contributed by atoms with Crippen molar-refractivity contribution in [2.45, 2.75) is 76.4 Å². The number of ether oxygens (including phenoxy) is 1. The zero-order chi connectivity index (χ0) is 15.6. The Bertz CT molecular complexity index is 590. The number of hydrogen-bond acceptors (Lipinski definition) is 3. The Morgan fingerprint density at radius 3 is 2.48 bits per heavy atom. The van der Waals surface area contributed by atoms with Crippen LogP contribution in [0.4, 0.5) is 0 Å². The first-order valence-electron chi connectivity index (χ1n) is 9.67. The lowest BCUT2D eigenvalue weighted by atomic mass is 9.53. The Kier molecular flexibility index (Phi) is 3.30. The van der Waals surface area contributed by atoms with E-state index in [0.29, 0.717) is 36.2 Å². The van der Waals surface area contributed by atoms with Crippen molar-refractivity contribution >= 4 is 11.6 Å². The largest absolute Gasteiger partial charge is 0.370 e. The molecule has 0 radical (unpaired) electrons. The normalized spacial score (nSPS) is 46.1. The molecule has 0 aromatic heterocycles. The molecule has 3 heteroatoms. The zero-order valence-corrected chi connectivity index (χ0v) is 13.8. The lowest BCUT2D eigenvalue weighted by molar-refractivity contribution is -0.147. The third-order valence-electron chi connectivity index (χ3n) is 7.28. The van der Waals surface area contributed by atoms with Crippen LogP contribution in [-0.2, 0) is 14.3 Å². The molecule has 5 aliphatic rings. The van der Waals surface area contributed by atoms with Gasteiger partial charge >= 0.3 is 0 Å². The zero-order valence-electron chi connectivity index (χ0n) is 13.8. The van der Waals surface area contributed by atoms with Crippen molar-refractivity contribution in [2.24, 2.45) is 23.7 Å². The molecule has 0 saturated heterocycles. The van der Waals surface area contributed by atoms with Crippen LogP contribution in [0.3, 0.4) is 0 Å². The van der Waals surface area contributed by atoms with Crippen molar-refractivity contribution in [3.63, 3.8) is 0 Å². The van der Waals surface area contributed by atoms with E-state index in [1.165, 1.54) is 24.8 Å². The summed E-state index contributed by atoms with van der Waals surface area (Å²) in [6.07, 6.45) is 10.4. The highest BCUT2D eigenvalue weighted by Crippen LogP contribution is 2.56. The van der Waals surface area contributed by atoms with Crippen LogP contribution in [0.1, 0.15) is 64.2 Å². The second kappa shape index (κ2) is 5.27. The summed E-state index contributed by atoms with van der Waals surface area (Å²) >= 11 is 0. The van der Waals surface area contributed by atoms with Crippen molar-refractivity contribution in [3.8, 4) is 0 Å². The van der Waals surface area contributed by atoms with Crippen LogP contribution >= 0.6 is 0 Å². The van der Waals surface area contributed by atoms with Gasteiger partial charge in [-0.3, -0.25) is 9.59 Å². The molecular weight excluding hydrogens is 288 g/mol. The number of carbonyl (C=O) groups excluding carboxylic acids is 2. The molecule has 1 heterocycles. The van der Waals surface area contributed by atoms with Gasteiger partial charge in [0.25, 0.3) is 0 Å². The summed E-state index contributed by atoms with van der Waals surface area (Å²) in [6, 6.07) is 0. The van der Waals surface area contributed by atoms with Gasteiger partial charge in [-0.2, -0.15) is 0 Å². The number of Topliss-reactive ketones (excluding diaryl/α,β-unsaturated/α-hetero) is 2. The van der Waals surface area contributed by atoms with Gasteiger partial charge in [0.2, 0.25) is 0 Å². The quantitative estimate of drug-likeness (QED) is 0.642. The van der Waals surface area contributed by atoms with Gasteiger partial charge in [0, 0.05) is 30.6 Å². The molecule has 0 bridgehead atoms. The summed E-state index contributed by atoms with van der Waals surface area (Å²) in [5.74, 6) is 2.25. The van der Waals surface area contributed by atoms with Crippen LogP contribution in [0.2, 0.25) is 0 Å². The van der Waals surface area contributed by atoms with Crippen molar-refractivity contribution in [1.29, 1.82) is 0 Å². The lowest BCUT2D eigenvalue weighted by Crippen LogP contribution is -2.54. The fraction of sp³-hybridized carbons (Fsp3) is 0.800. The molecule has 6 atom stereocenters. The Balaban J connectivity index is 1.64. The summed E-state index contributed by atoms with van der Waals surface area (Å²) in [7, 11) is 0. The molecule has 1 aliphatic heterocycles. The molecule has 23 heavy (non-hydrogen) atoms. The molecule has 4 saturated carbocycles. The molecule has 3 nitrogen and oxygen atoms in total. The minimum atomic E-state index is 0.0435. The van der Waals surface area contributed by atoms with Crippen LogP contribution in [0.25, 0.3) is 0 Å². The maximum absolute atomic E-state index is 13.1. The number of ketones is 2. The minimum Gasteiger partial charge on any atom is -0.370 e. The van der Waals surface area contributed by atoms with Crippen molar-refractivity contribution in [3.05, 3.63) is 11.1 Å². The molecule has 4 aliphatic carbocycles. The highest BCUT2D eigenvalue weighted by Gasteiger charge is 2.55. The lowest BCUT2D eigenvalue weighted by Gasteiger charge is -2.54. The maximum Gasteiger partial charge on any atom is 0.140 e. The van der Waals surface area contributed by atoms with Gasteiger partial charge in [0.05, 0.1) is 12.2 Å². The predicted molar refractivity (Wildman–Crippen MR) is 85.8 cm³/mol. The molecule has 0 unspecified atom stereocenters. The number of hydrogen-bond donors (Lipinski definition) is 0. The van der Waals surface area contributed by atoms with E-state index in [9.17, 15) is 9.59 Å². The first-order valence-corrected chi connectivity index (χ1v) is 9.67. The van der Waals surface area contributed by atoms with E-state index in [1.807, 2.05) is 0 Å². The summed E-state index contributed by atoms with van der Waals surface area (Å²) in [6.45, 7) is 0. The summed E-state index contributed by atoms with van der Waals surface area (Å²) in [5.41, 5.74) is 3.06. The second-order valence-electron chi connectivity index (χ2n) is 8.35. The van der Waals surface area contributed by atoms with E-state index in [2.05, 4.69) is 0 Å². The van der Waals surface area contributed by atoms with Gasteiger partial charge in [0.1, 0.15) is 11.6 Å². The van der Waals surface area contributed by atoms with Crippen molar-refractivity contribution in [1.82, 2.24) is 0 Å². The topological polar surface area (TPSA) is 43.4 Å². The predicted octanol–water partition coefficient (Wildman–Crippen LogP) is 3.61. The molecule has 124 valence electrons. The van der Waals surface area contributed by atoms with Gasteiger partial charge in [-0.05, 0) is 43.6 Å². The molecular formula is C20H26O3. The fourth-order valence-electron chi connectivity index (χ4n) is 6.40. The summed E-state index contributed by atoms with van der Waals surface area (Å²) < 4.78 is 6.40. The van der Waals surface area contributed by atoms with E-state index in [1.54, 1.807) is 5.57 Å². The van der Waals surface area contributed by atoms with Crippen molar-refractivity contribution < 1.29 is 14.3 Å². The Morgan fingerprint density at radius 1 is 0.826 bits per heavy atom. The highest BCUT2D eigenvalue weighted by molar-refractivity contribution is 5.87. The monoisotopic (exact) mass is 314 g/mol. The van der Waals surface area contributed by atoms with Gasteiger partial charge < -0.3 is 4.74 Å². The SMILES string of the molecule is O=C1CCC2=C3[C@H]4[C@@H](CCC[C@H]4C(=O)[C@H]4CCCC[C@@H]34)O[C@H]2C1.